The van der Waals surface area contributed by atoms with Crippen LogP contribution >= 0.6 is 0 Å². The molecule has 0 unspecified atom stereocenters. The van der Waals surface area contributed by atoms with Gasteiger partial charge in [-0.05, 0) is 26.0 Å². The number of hydrogen-bond donors (Lipinski definition) is 3. The van der Waals surface area contributed by atoms with Crippen LogP contribution in [0.15, 0.2) is 18.2 Å². The van der Waals surface area contributed by atoms with Gasteiger partial charge in [0.2, 0.25) is 5.91 Å². The number of primary amides is 1. The molecule has 0 aliphatic carbocycles. The van der Waals surface area contributed by atoms with E-state index in [9.17, 15) is 19.8 Å². The summed E-state index contributed by atoms with van der Waals surface area (Å²) in [5.41, 5.74) is 5.01. The molecule has 0 aliphatic heterocycles. The van der Waals surface area contributed by atoms with E-state index in [4.69, 9.17) is 5.73 Å². The maximum Gasteiger partial charge on any atom is 0.258 e. The van der Waals surface area contributed by atoms with Crippen LogP contribution in [0.1, 0.15) is 24.2 Å². The van der Waals surface area contributed by atoms with Gasteiger partial charge < -0.3 is 20.8 Å². The first-order valence-electron chi connectivity index (χ1n) is 5.44. The Morgan fingerprint density at radius 3 is 2.44 bits per heavy atom. The molecule has 6 nitrogen and oxygen atoms in total. The van der Waals surface area contributed by atoms with Crippen molar-refractivity contribution >= 4 is 11.8 Å². The molecule has 0 aliphatic rings. The molecular weight excluding hydrogens is 236 g/mol. The lowest BCUT2D eigenvalue weighted by molar-refractivity contribution is -0.119. The van der Waals surface area contributed by atoms with Crippen LogP contribution < -0.4 is 5.73 Å². The van der Waals surface area contributed by atoms with Crippen LogP contribution in [0.25, 0.3) is 0 Å². The van der Waals surface area contributed by atoms with E-state index in [1.165, 1.54) is 23.1 Å². The third-order valence-corrected chi connectivity index (χ3v) is 2.46. The first kappa shape index (κ1) is 13.8. The summed E-state index contributed by atoms with van der Waals surface area (Å²) in [6.07, 6.45) is 0. The van der Waals surface area contributed by atoms with Gasteiger partial charge in [0.05, 0.1) is 12.1 Å². The summed E-state index contributed by atoms with van der Waals surface area (Å²) in [5, 5.41) is 19.0. The van der Waals surface area contributed by atoms with E-state index in [2.05, 4.69) is 0 Å². The summed E-state index contributed by atoms with van der Waals surface area (Å²) < 4.78 is 0. The zero-order valence-electron chi connectivity index (χ0n) is 10.3. The van der Waals surface area contributed by atoms with Crippen molar-refractivity contribution in [1.82, 2.24) is 4.90 Å². The summed E-state index contributed by atoms with van der Waals surface area (Å²) in [4.78, 5) is 24.3. The fraction of sp³-hybridized carbons (Fsp3) is 0.333. The van der Waals surface area contributed by atoms with Gasteiger partial charge in [0.1, 0.15) is 0 Å². The van der Waals surface area contributed by atoms with Gasteiger partial charge in [-0.3, -0.25) is 9.59 Å². The van der Waals surface area contributed by atoms with Gasteiger partial charge in [-0.25, -0.2) is 0 Å². The smallest absolute Gasteiger partial charge is 0.258 e. The number of rotatable bonds is 4. The molecule has 98 valence electrons. The molecule has 4 N–H and O–H groups in total. The minimum absolute atomic E-state index is 0.0649. The number of para-hydroxylation sites is 1. The molecule has 1 rings (SSSR count). The van der Waals surface area contributed by atoms with Gasteiger partial charge in [0.25, 0.3) is 5.91 Å². The second kappa shape index (κ2) is 5.39. The summed E-state index contributed by atoms with van der Waals surface area (Å²) >= 11 is 0. The van der Waals surface area contributed by atoms with Crippen LogP contribution in [-0.4, -0.2) is 39.5 Å². The maximum absolute atomic E-state index is 12.1. The first-order valence-corrected chi connectivity index (χ1v) is 5.44. The van der Waals surface area contributed by atoms with Crippen LogP contribution in [0.5, 0.6) is 11.5 Å². The molecule has 0 aromatic heterocycles. The molecule has 0 bridgehead atoms. The Kier molecular flexibility index (Phi) is 4.14. The molecule has 0 spiro atoms. The van der Waals surface area contributed by atoms with Gasteiger partial charge in [0, 0.05) is 6.04 Å². The van der Waals surface area contributed by atoms with Crippen molar-refractivity contribution in [2.75, 3.05) is 6.54 Å². The van der Waals surface area contributed by atoms with Crippen LogP contribution in [0.3, 0.4) is 0 Å². The Bertz CT molecular complexity index is 471. The zero-order valence-corrected chi connectivity index (χ0v) is 10.3. The summed E-state index contributed by atoms with van der Waals surface area (Å²) in [5.74, 6) is -2.09. The van der Waals surface area contributed by atoms with E-state index in [1.54, 1.807) is 13.8 Å². The second-order valence-corrected chi connectivity index (χ2v) is 4.17. The Hall–Kier alpha value is -2.24. The Labute approximate surface area is 105 Å². The summed E-state index contributed by atoms with van der Waals surface area (Å²) in [6, 6.07) is 3.81. The highest BCUT2D eigenvalue weighted by Crippen LogP contribution is 2.29. The molecule has 0 radical (unpaired) electrons. The average molecular weight is 252 g/mol. The van der Waals surface area contributed by atoms with E-state index in [-0.39, 0.29) is 23.9 Å². The summed E-state index contributed by atoms with van der Waals surface area (Å²) in [7, 11) is 0. The number of aromatic hydroxyl groups is 2. The Morgan fingerprint density at radius 1 is 1.33 bits per heavy atom. The predicted octanol–water partition coefficient (Wildman–Crippen LogP) is 0.434. The number of amides is 2. The van der Waals surface area contributed by atoms with Gasteiger partial charge in [-0.1, -0.05) is 6.07 Å². The van der Waals surface area contributed by atoms with Crippen molar-refractivity contribution in [1.29, 1.82) is 0 Å². The maximum atomic E-state index is 12.1. The van der Waals surface area contributed by atoms with Gasteiger partial charge in [-0.2, -0.15) is 0 Å². The van der Waals surface area contributed by atoms with Crippen molar-refractivity contribution in [3.8, 4) is 11.5 Å². The van der Waals surface area contributed by atoms with Crippen molar-refractivity contribution in [3.05, 3.63) is 23.8 Å². The molecule has 6 heteroatoms. The van der Waals surface area contributed by atoms with E-state index >= 15 is 0 Å². The summed E-state index contributed by atoms with van der Waals surface area (Å²) in [6.45, 7) is 3.20. The van der Waals surface area contributed by atoms with Gasteiger partial charge >= 0.3 is 0 Å². The third kappa shape index (κ3) is 2.91. The average Bonchev–Trinajstić information content (AvgIpc) is 2.28. The largest absolute Gasteiger partial charge is 0.504 e. The number of benzene rings is 1. The fourth-order valence-electron chi connectivity index (χ4n) is 1.52. The van der Waals surface area contributed by atoms with Crippen LogP contribution in [0.4, 0.5) is 0 Å². The van der Waals surface area contributed by atoms with Gasteiger partial charge in [-0.15, -0.1) is 0 Å². The molecule has 0 atom stereocenters. The molecule has 0 fully saturated rings. The quantitative estimate of drug-likeness (QED) is 0.676. The molecule has 1 aromatic carbocycles. The number of carbonyl (C=O) groups excluding carboxylic acids is 2. The molecule has 0 heterocycles. The molecule has 0 saturated carbocycles. The van der Waals surface area contributed by atoms with E-state index in [0.717, 1.165) is 0 Å². The highest BCUT2D eigenvalue weighted by Gasteiger charge is 2.23. The highest BCUT2D eigenvalue weighted by atomic mass is 16.3. The van der Waals surface area contributed by atoms with Crippen LogP contribution in [0.2, 0.25) is 0 Å². The lowest BCUT2D eigenvalue weighted by Gasteiger charge is -2.25. The van der Waals surface area contributed by atoms with E-state index in [1.807, 2.05) is 0 Å². The number of hydrogen-bond acceptors (Lipinski definition) is 4. The minimum Gasteiger partial charge on any atom is -0.504 e. The standard InChI is InChI=1S/C12H16N2O4/c1-7(2)14(6-10(13)16)12(18)8-4-3-5-9(15)11(8)17/h3-5,7,15,17H,6H2,1-2H3,(H2,13,16). The number of phenols is 2. The minimum atomic E-state index is -0.642. The molecule has 2 amide bonds. The molecule has 18 heavy (non-hydrogen) atoms. The van der Waals surface area contributed by atoms with Crippen molar-refractivity contribution in [2.45, 2.75) is 19.9 Å². The van der Waals surface area contributed by atoms with E-state index < -0.39 is 17.6 Å². The second-order valence-electron chi connectivity index (χ2n) is 4.17. The van der Waals surface area contributed by atoms with Crippen molar-refractivity contribution in [2.24, 2.45) is 5.73 Å². The molecule has 1 aromatic rings. The number of nitrogens with zero attached hydrogens (tertiary/aromatic N) is 1. The van der Waals surface area contributed by atoms with Crippen molar-refractivity contribution < 1.29 is 19.8 Å². The zero-order chi connectivity index (χ0) is 13.9. The van der Waals surface area contributed by atoms with Crippen LogP contribution in [0, 0.1) is 0 Å². The van der Waals surface area contributed by atoms with Gasteiger partial charge in [0.15, 0.2) is 11.5 Å². The SMILES string of the molecule is CC(C)N(CC(N)=O)C(=O)c1cccc(O)c1O. The molecule has 0 saturated heterocycles. The Balaban J connectivity index is 3.10. The lowest BCUT2D eigenvalue weighted by Crippen LogP contribution is -2.42. The number of phenolic OH excluding ortho intramolecular Hbond substituents is 2. The topological polar surface area (TPSA) is 104 Å². The van der Waals surface area contributed by atoms with Crippen molar-refractivity contribution in [3.63, 3.8) is 0 Å². The highest BCUT2D eigenvalue weighted by molar-refractivity contribution is 5.99. The number of nitrogens with two attached hydrogens (primary N) is 1. The fourth-order valence-corrected chi connectivity index (χ4v) is 1.52. The number of carbonyl (C=O) groups is 2. The lowest BCUT2D eigenvalue weighted by atomic mass is 10.1. The predicted molar refractivity (Wildman–Crippen MR) is 65.1 cm³/mol. The van der Waals surface area contributed by atoms with E-state index in [0.29, 0.717) is 0 Å². The monoisotopic (exact) mass is 252 g/mol. The first-order chi connectivity index (χ1) is 8.34. The Morgan fingerprint density at radius 2 is 1.94 bits per heavy atom. The third-order valence-electron chi connectivity index (χ3n) is 2.46. The normalized spacial score (nSPS) is 10.4. The van der Waals surface area contributed by atoms with Crippen LogP contribution in [-0.2, 0) is 4.79 Å². The molecular formula is C12H16N2O4.